The van der Waals surface area contributed by atoms with Crippen LogP contribution >= 0.6 is 0 Å². The predicted molar refractivity (Wildman–Crippen MR) is 57.9 cm³/mol. The zero-order chi connectivity index (χ0) is 10.6. The minimum absolute atomic E-state index is 0.0151. The van der Waals surface area contributed by atoms with E-state index < -0.39 is 0 Å². The van der Waals surface area contributed by atoms with Gasteiger partial charge in [-0.1, -0.05) is 13.8 Å². The van der Waals surface area contributed by atoms with E-state index in [1.807, 2.05) is 0 Å². The van der Waals surface area contributed by atoms with Gasteiger partial charge in [-0.05, 0) is 38.1 Å². The van der Waals surface area contributed by atoms with Crippen molar-refractivity contribution in [2.75, 3.05) is 6.54 Å². The fourth-order valence-corrected chi connectivity index (χ4v) is 2.50. The highest BCUT2D eigenvalue weighted by Gasteiger charge is 2.37. The molecular weight excluding hydrogens is 176 g/mol. The second kappa shape index (κ2) is 4.78. The third kappa shape index (κ3) is 2.98. The minimum atomic E-state index is -0.178. The van der Waals surface area contributed by atoms with Gasteiger partial charge >= 0.3 is 0 Å². The molecule has 0 aromatic heterocycles. The number of carbonyl (C=O) groups is 1. The van der Waals surface area contributed by atoms with Gasteiger partial charge in [-0.3, -0.25) is 4.79 Å². The second-order valence-electron chi connectivity index (χ2n) is 4.70. The van der Waals surface area contributed by atoms with E-state index in [2.05, 4.69) is 19.2 Å². The SMILES string of the molecule is CCCNC1(CC(N)=O)CCC(C)C1. The summed E-state index contributed by atoms with van der Waals surface area (Å²) in [6, 6.07) is 0. The monoisotopic (exact) mass is 198 g/mol. The molecule has 1 fully saturated rings. The minimum Gasteiger partial charge on any atom is -0.370 e. The Hall–Kier alpha value is -0.570. The zero-order valence-electron chi connectivity index (χ0n) is 9.31. The van der Waals surface area contributed by atoms with E-state index >= 15 is 0 Å². The van der Waals surface area contributed by atoms with Crippen molar-refractivity contribution in [3.63, 3.8) is 0 Å². The van der Waals surface area contributed by atoms with Gasteiger partial charge in [0.2, 0.25) is 5.91 Å². The van der Waals surface area contributed by atoms with E-state index in [0.717, 1.165) is 31.7 Å². The van der Waals surface area contributed by atoms with Gasteiger partial charge in [0.1, 0.15) is 0 Å². The molecule has 0 bridgehead atoms. The molecule has 2 atom stereocenters. The van der Waals surface area contributed by atoms with Crippen LogP contribution in [-0.2, 0) is 4.79 Å². The Morgan fingerprint density at radius 1 is 1.64 bits per heavy atom. The molecule has 82 valence electrons. The van der Waals surface area contributed by atoms with Crippen LogP contribution in [0.4, 0.5) is 0 Å². The molecule has 0 aromatic rings. The lowest BCUT2D eigenvalue weighted by molar-refractivity contribution is -0.119. The van der Waals surface area contributed by atoms with E-state index in [0.29, 0.717) is 6.42 Å². The summed E-state index contributed by atoms with van der Waals surface area (Å²) >= 11 is 0. The molecule has 14 heavy (non-hydrogen) atoms. The number of nitrogens with one attached hydrogen (secondary N) is 1. The Morgan fingerprint density at radius 2 is 2.36 bits per heavy atom. The topological polar surface area (TPSA) is 55.1 Å². The second-order valence-corrected chi connectivity index (χ2v) is 4.70. The molecule has 0 heterocycles. The van der Waals surface area contributed by atoms with Crippen molar-refractivity contribution in [1.29, 1.82) is 0 Å². The Bertz CT molecular complexity index is 205. The lowest BCUT2D eigenvalue weighted by atomic mass is 9.91. The molecule has 0 spiro atoms. The molecule has 1 rings (SSSR count). The van der Waals surface area contributed by atoms with Crippen LogP contribution in [0.1, 0.15) is 46.0 Å². The summed E-state index contributed by atoms with van der Waals surface area (Å²) in [7, 11) is 0. The summed E-state index contributed by atoms with van der Waals surface area (Å²) in [5.74, 6) is 0.543. The molecule has 3 N–H and O–H groups in total. The highest BCUT2D eigenvalue weighted by atomic mass is 16.1. The summed E-state index contributed by atoms with van der Waals surface area (Å²) in [5.41, 5.74) is 5.31. The number of hydrogen-bond donors (Lipinski definition) is 2. The van der Waals surface area contributed by atoms with Crippen molar-refractivity contribution in [3.05, 3.63) is 0 Å². The molecule has 0 aliphatic heterocycles. The van der Waals surface area contributed by atoms with Crippen LogP contribution in [0, 0.1) is 5.92 Å². The first-order valence-corrected chi connectivity index (χ1v) is 5.61. The lowest BCUT2D eigenvalue weighted by Gasteiger charge is -2.29. The van der Waals surface area contributed by atoms with Gasteiger partial charge in [0.05, 0.1) is 0 Å². The fraction of sp³-hybridized carbons (Fsp3) is 0.909. The highest BCUT2D eigenvalue weighted by Crippen LogP contribution is 2.36. The molecule has 0 saturated heterocycles. The molecule has 1 aliphatic rings. The largest absolute Gasteiger partial charge is 0.370 e. The first kappa shape index (κ1) is 11.5. The third-order valence-electron chi connectivity index (χ3n) is 3.12. The molecule has 3 nitrogen and oxygen atoms in total. The third-order valence-corrected chi connectivity index (χ3v) is 3.12. The molecule has 1 aliphatic carbocycles. The van der Waals surface area contributed by atoms with Crippen molar-refractivity contribution < 1.29 is 4.79 Å². The maximum absolute atomic E-state index is 11.0. The summed E-state index contributed by atoms with van der Waals surface area (Å²) in [6.07, 6.45) is 5.00. The number of hydrogen-bond acceptors (Lipinski definition) is 2. The van der Waals surface area contributed by atoms with Crippen LogP contribution < -0.4 is 11.1 Å². The molecular formula is C11H22N2O. The maximum atomic E-state index is 11.0. The van der Waals surface area contributed by atoms with E-state index in [9.17, 15) is 4.79 Å². The van der Waals surface area contributed by atoms with Gasteiger partial charge in [0.25, 0.3) is 0 Å². The van der Waals surface area contributed by atoms with E-state index in [1.54, 1.807) is 0 Å². The fourth-order valence-electron chi connectivity index (χ4n) is 2.50. The summed E-state index contributed by atoms with van der Waals surface area (Å²) < 4.78 is 0. The predicted octanol–water partition coefficient (Wildman–Crippen LogP) is 1.42. The maximum Gasteiger partial charge on any atom is 0.219 e. The van der Waals surface area contributed by atoms with Gasteiger partial charge in [-0.2, -0.15) is 0 Å². The van der Waals surface area contributed by atoms with Gasteiger partial charge < -0.3 is 11.1 Å². The van der Waals surface area contributed by atoms with Crippen molar-refractivity contribution in [2.24, 2.45) is 11.7 Å². The average molecular weight is 198 g/mol. The number of nitrogens with two attached hydrogens (primary N) is 1. The number of carbonyl (C=O) groups excluding carboxylic acids is 1. The number of rotatable bonds is 5. The lowest BCUT2D eigenvalue weighted by Crippen LogP contribution is -2.46. The molecule has 0 radical (unpaired) electrons. The quantitative estimate of drug-likeness (QED) is 0.702. The van der Waals surface area contributed by atoms with E-state index in [4.69, 9.17) is 5.73 Å². The van der Waals surface area contributed by atoms with Crippen molar-refractivity contribution in [3.8, 4) is 0 Å². The summed E-state index contributed by atoms with van der Waals surface area (Å²) in [6.45, 7) is 5.37. The van der Waals surface area contributed by atoms with Crippen molar-refractivity contribution >= 4 is 5.91 Å². The zero-order valence-corrected chi connectivity index (χ0v) is 9.31. The van der Waals surface area contributed by atoms with Crippen LogP contribution in [-0.4, -0.2) is 18.0 Å². The average Bonchev–Trinajstić information content (AvgIpc) is 2.43. The van der Waals surface area contributed by atoms with Crippen LogP contribution in [0.5, 0.6) is 0 Å². The first-order chi connectivity index (χ1) is 6.58. The molecule has 3 heteroatoms. The highest BCUT2D eigenvalue weighted by molar-refractivity contribution is 5.75. The Balaban J connectivity index is 2.55. The van der Waals surface area contributed by atoms with Crippen LogP contribution in [0.2, 0.25) is 0 Å². The smallest absolute Gasteiger partial charge is 0.219 e. The molecule has 1 amide bonds. The molecule has 0 aromatic carbocycles. The normalized spacial score (nSPS) is 32.0. The Labute approximate surface area is 86.4 Å². The van der Waals surface area contributed by atoms with Gasteiger partial charge in [0, 0.05) is 12.0 Å². The van der Waals surface area contributed by atoms with Gasteiger partial charge in [-0.25, -0.2) is 0 Å². The van der Waals surface area contributed by atoms with E-state index in [1.165, 1.54) is 6.42 Å². The first-order valence-electron chi connectivity index (χ1n) is 5.61. The Kier molecular flexibility index (Phi) is 3.93. The Morgan fingerprint density at radius 3 is 2.79 bits per heavy atom. The van der Waals surface area contributed by atoms with Crippen LogP contribution in [0.3, 0.4) is 0 Å². The molecule has 1 saturated carbocycles. The van der Waals surface area contributed by atoms with Crippen LogP contribution in [0.25, 0.3) is 0 Å². The summed E-state index contributed by atoms with van der Waals surface area (Å²) in [5, 5.41) is 3.51. The van der Waals surface area contributed by atoms with Gasteiger partial charge in [0.15, 0.2) is 0 Å². The van der Waals surface area contributed by atoms with Crippen LogP contribution in [0.15, 0.2) is 0 Å². The van der Waals surface area contributed by atoms with Crippen molar-refractivity contribution in [1.82, 2.24) is 5.32 Å². The standard InChI is InChI=1S/C11H22N2O/c1-3-6-13-11(8-10(12)14)5-4-9(2)7-11/h9,13H,3-8H2,1-2H3,(H2,12,14). The van der Waals surface area contributed by atoms with E-state index in [-0.39, 0.29) is 11.4 Å². The number of primary amides is 1. The van der Waals surface area contributed by atoms with Gasteiger partial charge in [-0.15, -0.1) is 0 Å². The summed E-state index contributed by atoms with van der Waals surface area (Å²) in [4.78, 5) is 11.0. The number of amides is 1. The van der Waals surface area contributed by atoms with Crippen molar-refractivity contribution in [2.45, 2.75) is 51.5 Å². The molecule has 2 unspecified atom stereocenters.